The molecule has 0 aromatic carbocycles. The van der Waals surface area contributed by atoms with Crippen molar-refractivity contribution < 1.29 is 80.2 Å². The van der Waals surface area contributed by atoms with Crippen molar-refractivity contribution in [3.63, 3.8) is 0 Å². The van der Waals surface area contributed by atoms with Crippen molar-refractivity contribution in [2.24, 2.45) is 0 Å². The number of phosphoric ester groups is 2. The number of carbonyl (C=O) groups excluding carboxylic acids is 4. The molecular formula is C69H134O17P2. The summed E-state index contributed by atoms with van der Waals surface area (Å²) >= 11 is 0. The zero-order valence-corrected chi connectivity index (χ0v) is 58.5. The van der Waals surface area contributed by atoms with Crippen molar-refractivity contribution >= 4 is 39.5 Å². The summed E-state index contributed by atoms with van der Waals surface area (Å²) in [5, 5.41) is 10.6. The Balaban J connectivity index is 5.19. The SMILES string of the molecule is CCCCCCCCCCCCCCCCCCCC(=O)O[C@H](COC(=O)CCCCCCCCCCCCCC)COP(=O)(O)OC[C@@H](O)COP(=O)(O)OC[C@@H](COC(=O)CCCCCCCCC)OC(=O)CCCCCCCCCCCCCC. The van der Waals surface area contributed by atoms with Gasteiger partial charge in [0.1, 0.15) is 19.3 Å². The number of hydrogen-bond acceptors (Lipinski definition) is 15. The van der Waals surface area contributed by atoms with Crippen molar-refractivity contribution in [2.75, 3.05) is 39.6 Å². The van der Waals surface area contributed by atoms with Gasteiger partial charge >= 0.3 is 39.5 Å². The maximum Gasteiger partial charge on any atom is 0.472 e. The third-order valence-electron chi connectivity index (χ3n) is 16.1. The van der Waals surface area contributed by atoms with Gasteiger partial charge in [0.2, 0.25) is 0 Å². The monoisotopic (exact) mass is 1300 g/mol. The highest BCUT2D eigenvalue weighted by atomic mass is 31.2. The molecule has 0 aliphatic heterocycles. The number of ether oxygens (including phenoxy) is 4. The molecule has 0 aromatic heterocycles. The van der Waals surface area contributed by atoms with Crippen LogP contribution in [0.1, 0.15) is 362 Å². The molecule has 3 N–H and O–H groups in total. The Morgan fingerprint density at radius 2 is 0.455 bits per heavy atom. The van der Waals surface area contributed by atoms with Crippen LogP contribution < -0.4 is 0 Å². The number of unbranched alkanes of at least 4 members (excludes halogenated alkanes) is 44. The Kier molecular flexibility index (Phi) is 62.4. The highest BCUT2D eigenvalue weighted by Crippen LogP contribution is 2.45. The summed E-state index contributed by atoms with van der Waals surface area (Å²) in [4.78, 5) is 72.4. The fourth-order valence-corrected chi connectivity index (χ4v) is 12.1. The number of esters is 4. The lowest BCUT2D eigenvalue weighted by molar-refractivity contribution is -0.161. The Hall–Kier alpha value is -1.94. The molecule has 19 heteroatoms. The molecule has 17 nitrogen and oxygen atoms in total. The number of phosphoric acid groups is 2. The normalized spacial score (nSPS) is 14.0. The van der Waals surface area contributed by atoms with Crippen LogP contribution in [0.25, 0.3) is 0 Å². The smallest absolute Gasteiger partial charge is 0.462 e. The Morgan fingerprint density at radius 3 is 0.670 bits per heavy atom. The van der Waals surface area contributed by atoms with Crippen LogP contribution >= 0.6 is 15.6 Å². The Bertz CT molecular complexity index is 1690. The van der Waals surface area contributed by atoms with E-state index in [9.17, 15) is 43.2 Å². The Morgan fingerprint density at radius 1 is 0.273 bits per heavy atom. The average molecular weight is 1300 g/mol. The van der Waals surface area contributed by atoms with Gasteiger partial charge in [0, 0.05) is 25.7 Å². The first-order valence-electron chi connectivity index (χ1n) is 36.3. The van der Waals surface area contributed by atoms with E-state index in [1.807, 2.05) is 0 Å². The Labute approximate surface area is 537 Å². The molecule has 0 rings (SSSR count). The van der Waals surface area contributed by atoms with Crippen LogP contribution in [-0.4, -0.2) is 96.7 Å². The van der Waals surface area contributed by atoms with Gasteiger partial charge in [-0.1, -0.05) is 310 Å². The maximum absolute atomic E-state index is 13.0. The highest BCUT2D eigenvalue weighted by molar-refractivity contribution is 7.47. The van der Waals surface area contributed by atoms with Crippen LogP contribution in [-0.2, 0) is 65.4 Å². The van der Waals surface area contributed by atoms with Crippen molar-refractivity contribution in [2.45, 2.75) is 380 Å². The molecule has 0 heterocycles. The minimum atomic E-state index is -4.95. The van der Waals surface area contributed by atoms with Gasteiger partial charge in [-0.15, -0.1) is 0 Å². The number of carbonyl (C=O) groups is 4. The first kappa shape index (κ1) is 86.1. The molecule has 0 saturated carbocycles. The van der Waals surface area contributed by atoms with Gasteiger partial charge in [-0.3, -0.25) is 37.3 Å². The van der Waals surface area contributed by atoms with E-state index in [4.69, 9.17) is 37.0 Å². The van der Waals surface area contributed by atoms with Crippen molar-refractivity contribution in [3.8, 4) is 0 Å². The van der Waals surface area contributed by atoms with Crippen LogP contribution in [0, 0.1) is 0 Å². The molecule has 0 aliphatic carbocycles. The van der Waals surface area contributed by atoms with Crippen molar-refractivity contribution in [1.82, 2.24) is 0 Å². The predicted molar refractivity (Wildman–Crippen MR) is 354 cm³/mol. The quantitative estimate of drug-likeness (QED) is 0.0222. The van der Waals surface area contributed by atoms with E-state index >= 15 is 0 Å². The van der Waals surface area contributed by atoms with Crippen LogP contribution in [0.4, 0.5) is 0 Å². The van der Waals surface area contributed by atoms with Crippen molar-refractivity contribution in [1.29, 1.82) is 0 Å². The zero-order chi connectivity index (χ0) is 64.7. The van der Waals surface area contributed by atoms with Gasteiger partial charge in [-0.2, -0.15) is 0 Å². The zero-order valence-electron chi connectivity index (χ0n) is 56.7. The second-order valence-corrected chi connectivity index (χ2v) is 27.8. The predicted octanol–water partition coefficient (Wildman–Crippen LogP) is 19.9. The number of rotatable bonds is 70. The molecule has 5 atom stereocenters. The lowest BCUT2D eigenvalue weighted by atomic mass is 10.0. The third kappa shape index (κ3) is 62.8. The summed E-state index contributed by atoms with van der Waals surface area (Å²) < 4.78 is 68.1. The molecule has 0 amide bonds. The van der Waals surface area contributed by atoms with E-state index in [-0.39, 0.29) is 25.7 Å². The van der Waals surface area contributed by atoms with Crippen LogP contribution in [0.5, 0.6) is 0 Å². The summed E-state index contributed by atoms with van der Waals surface area (Å²) in [6.45, 7) is 4.90. The number of aliphatic hydroxyl groups excluding tert-OH is 1. The molecule has 0 saturated heterocycles. The molecular weight excluding hydrogens is 1160 g/mol. The van der Waals surface area contributed by atoms with Crippen LogP contribution in [0.2, 0.25) is 0 Å². The van der Waals surface area contributed by atoms with Gasteiger partial charge in [0.15, 0.2) is 12.2 Å². The van der Waals surface area contributed by atoms with E-state index in [1.54, 1.807) is 0 Å². The molecule has 522 valence electrons. The van der Waals surface area contributed by atoms with Gasteiger partial charge in [-0.05, 0) is 25.7 Å². The third-order valence-corrected chi connectivity index (χ3v) is 18.0. The molecule has 0 aromatic rings. The fourth-order valence-electron chi connectivity index (χ4n) is 10.5. The van der Waals surface area contributed by atoms with Crippen LogP contribution in [0.15, 0.2) is 0 Å². The second-order valence-electron chi connectivity index (χ2n) is 24.9. The number of aliphatic hydroxyl groups is 1. The standard InChI is InChI=1S/C69H134O17P2/c1-5-9-13-17-21-24-27-30-31-32-33-34-37-40-44-48-52-56-69(74)86-65(60-80-67(72)54-50-46-42-38-35-28-25-22-18-14-10-6-2)62-84-88(77,78)82-58-63(70)57-81-87(75,76)83-61-64(59-79-66(71)53-49-45-41-20-16-12-8-4)85-68(73)55-51-47-43-39-36-29-26-23-19-15-11-7-3/h63-65,70H,5-62H2,1-4H3,(H,75,76)(H,77,78)/t63-,64+,65+/m0/s1. The van der Waals surface area contributed by atoms with E-state index in [1.165, 1.54) is 180 Å². The summed E-state index contributed by atoms with van der Waals surface area (Å²) in [6, 6.07) is 0. The van der Waals surface area contributed by atoms with Gasteiger partial charge in [0.05, 0.1) is 26.4 Å². The van der Waals surface area contributed by atoms with Gasteiger partial charge in [0.25, 0.3) is 0 Å². The van der Waals surface area contributed by atoms with E-state index in [2.05, 4.69) is 27.7 Å². The highest BCUT2D eigenvalue weighted by Gasteiger charge is 2.30. The van der Waals surface area contributed by atoms with Crippen molar-refractivity contribution in [3.05, 3.63) is 0 Å². The van der Waals surface area contributed by atoms with E-state index in [0.717, 1.165) is 103 Å². The average Bonchev–Trinajstić information content (AvgIpc) is 3.67. The van der Waals surface area contributed by atoms with Gasteiger partial charge < -0.3 is 33.8 Å². The van der Waals surface area contributed by atoms with E-state index in [0.29, 0.717) is 25.7 Å². The molecule has 0 aliphatic rings. The molecule has 0 radical (unpaired) electrons. The van der Waals surface area contributed by atoms with Gasteiger partial charge in [-0.25, -0.2) is 9.13 Å². The summed E-state index contributed by atoms with van der Waals surface area (Å²) in [5.74, 6) is -2.12. The molecule has 0 spiro atoms. The molecule has 2 unspecified atom stereocenters. The molecule has 0 bridgehead atoms. The lowest BCUT2D eigenvalue weighted by Crippen LogP contribution is -2.30. The fraction of sp³-hybridized carbons (Fsp3) is 0.942. The largest absolute Gasteiger partial charge is 0.472 e. The summed E-state index contributed by atoms with van der Waals surface area (Å²) in [6.07, 6.45) is 51.3. The maximum atomic E-state index is 13.0. The minimum absolute atomic E-state index is 0.107. The minimum Gasteiger partial charge on any atom is -0.462 e. The van der Waals surface area contributed by atoms with E-state index < -0.39 is 97.5 Å². The number of hydrogen-bond donors (Lipinski definition) is 3. The molecule has 0 fully saturated rings. The summed E-state index contributed by atoms with van der Waals surface area (Å²) in [5.41, 5.74) is 0. The van der Waals surface area contributed by atoms with Crippen LogP contribution in [0.3, 0.4) is 0 Å². The second kappa shape index (κ2) is 63.8. The molecule has 88 heavy (non-hydrogen) atoms. The summed E-state index contributed by atoms with van der Waals surface area (Å²) in [7, 11) is -9.89. The topological polar surface area (TPSA) is 237 Å². The first-order chi connectivity index (χ1) is 42.7. The lowest BCUT2D eigenvalue weighted by Gasteiger charge is -2.21. The first-order valence-corrected chi connectivity index (χ1v) is 39.3.